The molecule has 0 aromatic carbocycles. The molecule has 76 valence electrons. The van der Waals surface area contributed by atoms with Crippen molar-refractivity contribution in [2.75, 3.05) is 6.54 Å². The molecule has 2 atom stereocenters. The molecule has 0 radical (unpaired) electrons. The molecule has 1 saturated carbocycles. The average Bonchev–Trinajstić information content (AvgIpc) is 2.66. The van der Waals surface area contributed by atoms with Crippen LogP contribution in [0, 0.1) is 11.8 Å². The van der Waals surface area contributed by atoms with Crippen LogP contribution in [0.25, 0.3) is 0 Å². The van der Waals surface area contributed by atoms with Crippen LogP contribution in [0.5, 0.6) is 0 Å². The summed E-state index contributed by atoms with van der Waals surface area (Å²) in [6.07, 6.45) is 1.21. The van der Waals surface area contributed by atoms with Crippen LogP contribution in [-0.4, -0.2) is 22.6 Å². The lowest BCUT2D eigenvalue weighted by molar-refractivity contribution is 0.0950. The van der Waals surface area contributed by atoms with E-state index in [0.29, 0.717) is 15.4 Å². The first-order valence-electron chi connectivity index (χ1n) is 4.44. The van der Waals surface area contributed by atoms with Crippen molar-refractivity contribution in [3.8, 4) is 0 Å². The molecule has 0 spiro atoms. The highest BCUT2D eigenvalue weighted by Crippen LogP contribution is 2.36. The Bertz CT molecular complexity index is 354. The molecule has 1 aliphatic rings. The Kier molecular flexibility index (Phi) is 2.69. The maximum Gasteiger partial charge on any atom is 0.282 e. The van der Waals surface area contributed by atoms with Gasteiger partial charge in [0.25, 0.3) is 5.91 Å². The highest BCUT2D eigenvalue weighted by molar-refractivity contribution is 7.17. The van der Waals surface area contributed by atoms with Crippen molar-refractivity contribution in [3.05, 3.63) is 9.47 Å². The van der Waals surface area contributed by atoms with Gasteiger partial charge in [0.15, 0.2) is 0 Å². The second-order valence-corrected chi connectivity index (χ2v) is 5.10. The van der Waals surface area contributed by atoms with Crippen LogP contribution < -0.4 is 5.32 Å². The Balaban J connectivity index is 1.83. The second kappa shape index (κ2) is 3.82. The van der Waals surface area contributed by atoms with E-state index in [4.69, 9.17) is 11.6 Å². The third-order valence-electron chi connectivity index (χ3n) is 2.40. The van der Waals surface area contributed by atoms with Crippen molar-refractivity contribution in [1.82, 2.24) is 15.5 Å². The Labute approximate surface area is 90.7 Å². The number of carbonyl (C=O) groups is 1. The summed E-state index contributed by atoms with van der Waals surface area (Å²) in [5.74, 6) is 1.21. The lowest BCUT2D eigenvalue weighted by atomic mass is 10.3. The van der Waals surface area contributed by atoms with Crippen molar-refractivity contribution in [3.63, 3.8) is 0 Å². The number of hydrogen-bond donors (Lipinski definition) is 1. The Morgan fingerprint density at radius 3 is 2.93 bits per heavy atom. The zero-order valence-electron chi connectivity index (χ0n) is 7.66. The SMILES string of the molecule is CC1CC1CNC(=O)c1nnc(Cl)s1. The summed E-state index contributed by atoms with van der Waals surface area (Å²) in [5, 5.41) is 10.4. The van der Waals surface area contributed by atoms with Gasteiger partial charge in [-0.15, -0.1) is 10.2 Å². The van der Waals surface area contributed by atoms with Gasteiger partial charge in [-0.25, -0.2) is 0 Å². The molecule has 1 fully saturated rings. The van der Waals surface area contributed by atoms with Gasteiger partial charge >= 0.3 is 0 Å². The fraction of sp³-hybridized carbons (Fsp3) is 0.625. The molecule has 1 aromatic heterocycles. The highest BCUT2D eigenvalue weighted by atomic mass is 35.5. The van der Waals surface area contributed by atoms with Crippen LogP contribution in [0.4, 0.5) is 0 Å². The normalized spacial score (nSPS) is 24.7. The van der Waals surface area contributed by atoms with Gasteiger partial charge in [-0.2, -0.15) is 0 Å². The van der Waals surface area contributed by atoms with Gasteiger partial charge in [0.2, 0.25) is 9.47 Å². The highest BCUT2D eigenvalue weighted by Gasteiger charge is 2.32. The van der Waals surface area contributed by atoms with Crippen LogP contribution in [0.2, 0.25) is 4.47 Å². The van der Waals surface area contributed by atoms with Crippen LogP contribution in [-0.2, 0) is 0 Å². The van der Waals surface area contributed by atoms with E-state index < -0.39 is 0 Å². The van der Waals surface area contributed by atoms with Gasteiger partial charge in [-0.3, -0.25) is 4.79 Å². The fourth-order valence-electron chi connectivity index (χ4n) is 1.28. The molecule has 0 saturated heterocycles. The van der Waals surface area contributed by atoms with E-state index >= 15 is 0 Å². The molecule has 14 heavy (non-hydrogen) atoms. The molecule has 2 unspecified atom stereocenters. The molecule has 1 heterocycles. The third-order valence-corrected chi connectivity index (χ3v) is 3.41. The molecule has 1 N–H and O–H groups in total. The number of amides is 1. The average molecular weight is 232 g/mol. The lowest BCUT2D eigenvalue weighted by Gasteiger charge is -1.99. The minimum Gasteiger partial charge on any atom is -0.350 e. The number of nitrogens with one attached hydrogen (secondary N) is 1. The summed E-state index contributed by atoms with van der Waals surface area (Å²) >= 11 is 6.67. The van der Waals surface area contributed by atoms with Gasteiger partial charge < -0.3 is 5.32 Å². The van der Waals surface area contributed by atoms with Crippen molar-refractivity contribution < 1.29 is 4.79 Å². The summed E-state index contributed by atoms with van der Waals surface area (Å²) in [7, 11) is 0. The summed E-state index contributed by atoms with van der Waals surface area (Å²) in [4.78, 5) is 11.4. The first-order valence-corrected chi connectivity index (χ1v) is 5.63. The van der Waals surface area contributed by atoms with Crippen LogP contribution >= 0.6 is 22.9 Å². The first-order chi connectivity index (χ1) is 6.66. The predicted molar refractivity (Wildman–Crippen MR) is 54.5 cm³/mol. The van der Waals surface area contributed by atoms with Crippen molar-refractivity contribution in [2.24, 2.45) is 11.8 Å². The van der Waals surface area contributed by atoms with E-state index in [1.165, 1.54) is 6.42 Å². The topological polar surface area (TPSA) is 54.9 Å². The molecule has 1 amide bonds. The maximum absolute atomic E-state index is 11.4. The molecule has 1 aliphatic carbocycles. The third kappa shape index (κ3) is 2.22. The van der Waals surface area contributed by atoms with Gasteiger partial charge in [0.05, 0.1) is 0 Å². The van der Waals surface area contributed by atoms with E-state index in [1.807, 2.05) is 0 Å². The largest absolute Gasteiger partial charge is 0.350 e. The van der Waals surface area contributed by atoms with Crippen molar-refractivity contribution in [1.29, 1.82) is 0 Å². The quantitative estimate of drug-likeness (QED) is 0.859. The molecule has 0 bridgehead atoms. The van der Waals surface area contributed by atoms with Crippen LogP contribution in [0.3, 0.4) is 0 Å². The summed E-state index contributed by atoms with van der Waals surface area (Å²) in [5.41, 5.74) is 0. The second-order valence-electron chi connectivity index (χ2n) is 3.54. The molecular weight excluding hydrogens is 222 g/mol. The minimum absolute atomic E-state index is 0.173. The van der Waals surface area contributed by atoms with Gasteiger partial charge in [-0.05, 0) is 29.9 Å². The molecule has 1 aromatic rings. The summed E-state index contributed by atoms with van der Waals surface area (Å²) in [6, 6.07) is 0. The minimum atomic E-state index is -0.173. The Morgan fingerprint density at radius 1 is 1.71 bits per heavy atom. The van der Waals surface area contributed by atoms with E-state index in [0.717, 1.165) is 23.8 Å². The number of halogens is 1. The number of rotatable bonds is 3. The first kappa shape index (κ1) is 9.86. The molecule has 0 aliphatic heterocycles. The number of aromatic nitrogens is 2. The number of nitrogens with zero attached hydrogens (tertiary/aromatic N) is 2. The smallest absolute Gasteiger partial charge is 0.282 e. The standard InChI is InChI=1S/C8H10ClN3OS/c1-4-2-5(4)3-10-6(13)7-11-12-8(9)14-7/h4-5H,2-3H2,1H3,(H,10,13). The Hall–Kier alpha value is -0.680. The van der Waals surface area contributed by atoms with Gasteiger partial charge in [0, 0.05) is 6.54 Å². The van der Waals surface area contributed by atoms with E-state index in [2.05, 4.69) is 22.4 Å². The Morgan fingerprint density at radius 2 is 2.43 bits per heavy atom. The van der Waals surface area contributed by atoms with E-state index in [1.54, 1.807) is 0 Å². The van der Waals surface area contributed by atoms with Gasteiger partial charge in [0.1, 0.15) is 0 Å². The lowest BCUT2D eigenvalue weighted by Crippen LogP contribution is -2.25. The summed E-state index contributed by atoms with van der Waals surface area (Å²) < 4.78 is 0.301. The monoisotopic (exact) mass is 231 g/mol. The zero-order chi connectivity index (χ0) is 10.1. The van der Waals surface area contributed by atoms with Crippen LogP contribution in [0.15, 0.2) is 0 Å². The summed E-state index contributed by atoms with van der Waals surface area (Å²) in [6.45, 7) is 2.91. The zero-order valence-corrected chi connectivity index (χ0v) is 9.23. The number of carbonyl (C=O) groups excluding carboxylic acids is 1. The molecule has 2 rings (SSSR count). The van der Waals surface area contributed by atoms with Crippen LogP contribution in [0.1, 0.15) is 23.1 Å². The fourth-order valence-corrected chi connectivity index (χ4v) is 2.02. The molecular formula is C8H10ClN3OS. The van der Waals surface area contributed by atoms with E-state index in [-0.39, 0.29) is 5.91 Å². The number of hydrogen-bond acceptors (Lipinski definition) is 4. The van der Waals surface area contributed by atoms with Gasteiger partial charge in [-0.1, -0.05) is 18.3 Å². The predicted octanol–water partition coefficient (Wildman–Crippen LogP) is 1.58. The van der Waals surface area contributed by atoms with Crippen molar-refractivity contribution >= 4 is 28.8 Å². The molecule has 6 heteroatoms. The van der Waals surface area contributed by atoms with E-state index in [9.17, 15) is 4.79 Å². The van der Waals surface area contributed by atoms with Crippen molar-refractivity contribution in [2.45, 2.75) is 13.3 Å². The molecule has 4 nitrogen and oxygen atoms in total. The maximum atomic E-state index is 11.4.